The molecular formula is C13H12FN3O. The van der Waals surface area contributed by atoms with E-state index in [0.29, 0.717) is 12.2 Å². The number of hydrogen-bond donors (Lipinski definition) is 2. The van der Waals surface area contributed by atoms with Crippen LogP contribution in [0.2, 0.25) is 0 Å². The van der Waals surface area contributed by atoms with Gasteiger partial charge in [-0.25, -0.2) is 4.39 Å². The second kappa shape index (κ2) is 5.27. The van der Waals surface area contributed by atoms with Crippen molar-refractivity contribution in [3.05, 3.63) is 59.7 Å². The maximum absolute atomic E-state index is 13.4. The third-order valence-corrected chi connectivity index (χ3v) is 2.41. The van der Waals surface area contributed by atoms with Crippen LogP contribution in [-0.2, 0) is 6.54 Å². The summed E-state index contributed by atoms with van der Waals surface area (Å²) in [6, 6.07) is 7.49. The summed E-state index contributed by atoms with van der Waals surface area (Å²) in [4.78, 5) is 15.7. The van der Waals surface area contributed by atoms with E-state index in [9.17, 15) is 9.18 Å². The predicted octanol–water partition coefficient (Wildman–Crippen LogP) is 1.73. The highest BCUT2D eigenvalue weighted by molar-refractivity contribution is 5.95. The van der Waals surface area contributed by atoms with Crippen molar-refractivity contribution in [2.24, 2.45) is 0 Å². The number of benzene rings is 1. The smallest absolute Gasteiger partial charge is 0.254 e. The summed E-state index contributed by atoms with van der Waals surface area (Å²) in [5, 5.41) is 2.61. The second-order valence-corrected chi connectivity index (χ2v) is 3.78. The number of halogens is 1. The topological polar surface area (TPSA) is 68.0 Å². The first-order valence-corrected chi connectivity index (χ1v) is 5.39. The average molecular weight is 245 g/mol. The SMILES string of the molecule is Nc1ccc(F)c(C(=O)NCc2cccnc2)c1. The molecule has 1 aromatic heterocycles. The molecule has 0 radical (unpaired) electrons. The molecule has 0 saturated carbocycles. The van der Waals surface area contributed by atoms with Gasteiger partial charge in [0, 0.05) is 24.6 Å². The van der Waals surface area contributed by atoms with E-state index in [1.807, 2.05) is 6.07 Å². The van der Waals surface area contributed by atoms with Gasteiger partial charge in [-0.3, -0.25) is 9.78 Å². The molecule has 0 unspecified atom stereocenters. The van der Waals surface area contributed by atoms with E-state index in [4.69, 9.17) is 5.73 Å². The third-order valence-electron chi connectivity index (χ3n) is 2.41. The van der Waals surface area contributed by atoms with Crippen molar-refractivity contribution in [2.75, 3.05) is 5.73 Å². The minimum Gasteiger partial charge on any atom is -0.399 e. The van der Waals surface area contributed by atoms with Gasteiger partial charge in [-0.05, 0) is 29.8 Å². The number of amides is 1. The van der Waals surface area contributed by atoms with Crippen LogP contribution in [0.1, 0.15) is 15.9 Å². The van der Waals surface area contributed by atoms with Crippen LogP contribution in [0.25, 0.3) is 0 Å². The summed E-state index contributed by atoms with van der Waals surface area (Å²) in [5.74, 6) is -1.09. The number of nitrogen functional groups attached to an aromatic ring is 1. The van der Waals surface area contributed by atoms with Crippen molar-refractivity contribution < 1.29 is 9.18 Å². The zero-order chi connectivity index (χ0) is 13.0. The number of hydrogen-bond acceptors (Lipinski definition) is 3. The molecule has 0 bridgehead atoms. The molecule has 92 valence electrons. The number of anilines is 1. The Hall–Kier alpha value is -2.43. The Bertz CT molecular complexity index is 557. The van der Waals surface area contributed by atoms with Crippen LogP contribution in [0.3, 0.4) is 0 Å². The zero-order valence-electron chi connectivity index (χ0n) is 9.56. The molecule has 0 aliphatic heterocycles. The van der Waals surface area contributed by atoms with E-state index in [0.717, 1.165) is 5.56 Å². The third kappa shape index (κ3) is 2.82. The van der Waals surface area contributed by atoms with E-state index in [2.05, 4.69) is 10.3 Å². The number of pyridine rings is 1. The lowest BCUT2D eigenvalue weighted by molar-refractivity contribution is 0.0947. The number of carbonyl (C=O) groups is 1. The van der Waals surface area contributed by atoms with Crippen molar-refractivity contribution in [1.29, 1.82) is 0 Å². The Morgan fingerprint density at radius 3 is 2.94 bits per heavy atom. The largest absolute Gasteiger partial charge is 0.399 e. The monoisotopic (exact) mass is 245 g/mol. The molecule has 0 aliphatic rings. The number of carbonyl (C=O) groups excluding carboxylic acids is 1. The van der Waals surface area contributed by atoms with Gasteiger partial charge in [0.2, 0.25) is 0 Å². The van der Waals surface area contributed by atoms with E-state index < -0.39 is 11.7 Å². The first-order chi connectivity index (χ1) is 8.66. The molecule has 4 nitrogen and oxygen atoms in total. The Morgan fingerprint density at radius 1 is 1.39 bits per heavy atom. The molecule has 0 saturated heterocycles. The van der Waals surface area contributed by atoms with Gasteiger partial charge in [0.1, 0.15) is 5.82 Å². The van der Waals surface area contributed by atoms with Crippen LogP contribution >= 0.6 is 0 Å². The normalized spacial score (nSPS) is 10.1. The quantitative estimate of drug-likeness (QED) is 0.809. The van der Waals surface area contributed by atoms with Gasteiger partial charge in [-0.15, -0.1) is 0 Å². The Morgan fingerprint density at radius 2 is 2.22 bits per heavy atom. The Balaban J connectivity index is 2.06. The number of rotatable bonds is 3. The van der Waals surface area contributed by atoms with Crippen LogP contribution in [0.5, 0.6) is 0 Å². The Kier molecular flexibility index (Phi) is 3.52. The highest BCUT2D eigenvalue weighted by atomic mass is 19.1. The molecule has 0 aliphatic carbocycles. The summed E-state index contributed by atoms with van der Waals surface area (Å²) in [6.45, 7) is 0.293. The van der Waals surface area contributed by atoms with Crippen LogP contribution in [0.4, 0.5) is 10.1 Å². The molecule has 18 heavy (non-hydrogen) atoms. The van der Waals surface area contributed by atoms with Crippen molar-refractivity contribution >= 4 is 11.6 Å². The molecule has 0 atom stereocenters. The van der Waals surface area contributed by atoms with Crippen molar-refractivity contribution in [3.63, 3.8) is 0 Å². The molecule has 1 amide bonds. The first kappa shape index (κ1) is 12.0. The van der Waals surface area contributed by atoms with E-state index in [1.54, 1.807) is 18.5 Å². The summed E-state index contributed by atoms with van der Waals surface area (Å²) >= 11 is 0. The first-order valence-electron chi connectivity index (χ1n) is 5.39. The highest BCUT2D eigenvalue weighted by Gasteiger charge is 2.11. The Labute approximate surface area is 104 Å². The van der Waals surface area contributed by atoms with Gasteiger partial charge >= 0.3 is 0 Å². The molecule has 2 aromatic rings. The number of nitrogens with two attached hydrogens (primary N) is 1. The summed E-state index contributed by atoms with van der Waals surface area (Å²) < 4.78 is 13.4. The molecule has 1 aromatic carbocycles. The van der Waals surface area contributed by atoms with Gasteiger partial charge in [0.25, 0.3) is 5.91 Å². The lowest BCUT2D eigenvalue weighted by atomic mass is 10.1. The van der Waals surface area contributed by atoms with Crippen LogP contribution in [0.15, 0.2) is 42.7 Å². The van der Waals surface area contributed by atoms with Crippen molar-refractivity contribution in [1.82, 2.24) is 10.3 Å². The standard InChI is InChI=1S/C13H12FN3O/c14-12-4-3-10(15)6-11(12)13(18)17-8-9-2-1-5-16-7-9/h1-7H,8,15H2,(H,17,18). The fraction of sp³-hybridized carbons (Fsp3) is 0.0769. The molecule has 5 heteroatoms. The van der Waals surface area contributed by atoms with Gasteiger partial charge in [0.05, 0.1) is 5.56 Å². The van der Waals surface area contributed by atoms with Crippen LogP contribution in [-0.4, -0.2) is 10.9 Å². The van der Waals surface area contributed by atoms with Gasteiger partial charge < -0.3 is 11.1 Å². The predicted molar refractivity (Wildman–Crippen MR) is 66.2 cm³/mol. The minimum atomic E-state index is -0.590. The summed E-state index contributed by atoms with van der Waals surface area (Å²) in [6.07, 6.45) is 3.28. The summed E-state index contributed by atoms with van der Waals surface area (Å²) in [7, 11) is 0. The molecule has 0 spiro atoms. The molecular weight excluding hydrogens is 233 g/mol. The van der Waals surface area contributed by atoms with Gasteiger partial charge in [-0.2, -0.15) is 0 Å². The van der Waals surface area contributed by atoms with Crippen molar-refractivity contribution in [3.8, 4) is 0 Å². The number of nitrogens with zero attached hydrogens (tertiary/aromatic N) is 1. The molecule has 2 rings (SSSR count). The van der Waals surface area contributed by atoms with Gasteiger partial charge in [-0.1, -0.05) is 6.07 Å². The minimum absolute atomic E-state index is 0.0566. The zero-order valence-corrected chi connectivity index (χ0v) is 9.56. The molecule has 0 fully saturated rings. The van der Waals surface area contributed by atoms with Crippen molar-refractivity contribution in [2.45, 2.75) is 6.54 Å². The summed E-state index contributed by atoms with van der Waals surface area (Å²) in [5.41, 5.74) is 6.65. The van der Waals surface area contributed by atoms with E-state index >= 15 is 0 Å². The fourth-order valence-corrected chi connectivity index (χ4v) is 1.50. The molecule has 1 heterocycles. The maximum Gasteiger partial charge on any atom is 0.254 e. The number of nitrogens with one attached hydrogen (secondary N) is 1. The maximum atomic E-state index is 13.4. The van der Waals surface area contributed by atoms with E-state index in [1.165, 1.54) is 18.2 Å². The lowest BCUT2D eigenvalue weighted by Crippen LogP contribution is -2.24. The second-order valence-electron chi connectivity index (χ2n) is 3.78. The highest BCUT2D eigenvalue weighted by Crippen LogP contribution is 2.12. The van der Waals surface area contributed by atoms with Gasteiger partial charge in [0.15, 0.2) is 0 Å². The fourth-order valence-electron chi connectivity index (χ4n) is 1.50. The van der Waals surface area contributed by atoms with E-state index in [-0.39, 0.29) is 5.56 Å². The molecule has 3 N–H and O–H groups in total. The number of aromatic nitrogens is 1. The van der Waals surface area contributed by atoms with Crippen LogP contribution < -0.4 is 11.1 Å². The average Bonchev–Trinajstić information content (AvgIpc) is 2.40. The van der Waals surface area contributed by atoms with Crippen LogP contribution in [0, 0.1) is 5.82 Å². The lowest BCUT2D eigenvalue weighted by Gasteiger charge is -2.06.